The van der Waals surface area contributed by atoms with Crippen LogP contribution in [0.2, 0.25) is 0 Å². The Balaban J connectivity index is 0.000000127. The van der Waals surface area contributed by atoms with E-state index in [9.17, 15) is 0 Å². The summed E-state index contributed by atoms with van der Waals surface area (Å²) >= 11 is 0. The smallest absolute Gasteiger partial charge is 0.0487 e. The van der Waals surface area contributed by atoms with E-state index >= 15 is 0 Å². The van der Waals surface area contributed by atoms with Crippen molar-refractivity contribution in [3.05, 3.63) is 540 Å². The third kappa shape index (κ3) is 19.4. The van der Waals surface area contributed by atoms with Gasteiger partial charge in [-0.05, 0) is 270 Å². The van der Waals surface area contributed by atoms with E-state index in [1.54, 1.807) is 0 Å². The number of hydrogen-bond donors (Lipinski definition) is 0. The summed E-state index contributed by atoms with van der Waals surface area (Å²) in [6.07, 6.45) is 0. The summed E-state index contributed by atoms with van der Waals surface area (Å²) in [6.45, 7) is 0. The van der Waals surface area contributed by atoms with Gasteiger partial charge in [0.2, 0.25) is 0 Å². The van der Waals surface area contributed by atoms with E-state index in [1.165, 1.54) is 105 Å². The van der Waals surface area contributed by atoms with Crippen LogP contribution in [0, 0.1) is 0 Å². The van der Waals surface area contributed by atoms with Gasteiger partial charge in [-0.15, -0.1) is 0 Å². The summed E-state index contributed by atoms with van der Waals surface area (Å²) in [4.78, 5) is 13.7. The van der Waals surface area contributed by atoms with Crippen LogP contribution >= 0.6 is 0 Å². The van der Waals surface area contributed by atoms with Crippen LogP contribution < -0.4 is 29.4 Å². The van der Waals surface area contributed by atoms with Gasteiger partial charge in [-0.2, -0.15) is 0 Å². The first kappa shape index (κ1) is 83.5. The molecule has 0 saturated carbocycles. The lowest BCUT2D eigenvalue weighted by molar-refractivity contribution is 1.20. The highest BCUT2D eigenvalue weighted by molar-refractivity contribution is 5.97. The first-order valence-electron chi connectivity index (χ1n) is 44.7. The van der Waals surface area contributed by atoms with Gasteiger partial charge in [0.1, 0.15) is 0 Å². The van der Waals surface area contributed by atoms with Crippen LogP contribution in [0.3, 0.4) is 0 Å². The first-order valence-corrected chi connectivity index (χ1v) is 44.7. The zero-order chi connectivity index (χ0) is 88.4. The van der Waals surface area contributed by atoms with Crippen LogP contribution in [0.15, 0.2) is 540 Å². The molecule has 6 heteroatoms. The number of fused-ring (bicyclic) bond motifs is 2. The van der Waals surface area contributed by atoms with Gasteiger partial charge in [-0.3, -0.25) is 0 Å². The Kier molecular flexibility index (Phi) is 25.3. The molecule has 0 atom stereocenters. The molecule has 0 N–H and O–H groups in total. The molecule has 21 aromatic carbocycles. The van der Waals surface area contributed by atoms with E-state index in [0.717, 1.165) is 79.6 Å². The van der Waals surface area contributed by atoms with Crippen molar-refractivity contribution in [3.63, 3.8) is 0 Å². The molecule has 0 saturated heterocycles. The Morgan fingerprint density at radius 3 is 0.557 bits per heavy atom. The van der Waals surface area contributed by atoms with Crippen LogP contribution in [0.25, 0.3) is 99.4 Å². The minimum atomic E-state index is 1.10. The molecule has 0 aliphatic rings. The number of benzene rings is 21. The van der Waals surface area contributed by atoms with Gasteiger partial charge in [0, 0.05) is 112 Å². The van der Waals surface area contributed by atoms with Gasteiger partial charge in [-0.25, -0.2) is 0 Å². The number of hydrogen-bond acceptors (Lipinski definition) is 6. The summed E-state index contributed by atoms with van der Waals surface area (Å²) in [5.41, 5.74) is 33.9. The topological polar surface area (TPSA) is 19.4 Å². The fourth-order valence-electron chi connectivity index (χ4n) is 17.3. The molecule has 21 rings (SSSR count). The van der Waals surface area contributed by atoms with Crippen molar-refractivity contribution >= 4 is 107 Å². The normalized spacial score (nSPS) is 10.9. The SMILES string of the molecule is CN(c1ccc(-c2ccccc2)cc1)c1ccc(N(c2ccc(-c3ccccc3)cc2)c2ccc(-c3ccccc3)cc2)cc1.CN(c1ccc(N(c2ccc(-c3ccccc3)cc2)c2ccc(-c3ccccc3)cc2)cc1)c1ccc2ccccc2c1.CN(c1ccc(N(c2ccc(-c3ccccc3)cc2)c2ccc(-c3ccccc3)cc2)cc1)c1cccc2ccccc12. The molecule has 0 heterocycles. The van der Waals surface area contributed by atoms with E-state index in [-0.39, 0.29) is 0 Å². The van der Waals surface area contributed by atoms with Crippen LogP contribution in [-0.4, -0.2) is 21.1 Å². The minimum absolute atomic E-state index is 1.10. The lowest BCUT2D eigenvalue weighted by atomic mass is 10.0. The first-order chi connectivity index (χ1) is 64.7. The fraction of sp³-hybridized carbons (Fsp3) is 0.0240. The number of rotatable bonds is 22. The predicted molar refractivity (Wildman–Crippen MR) is 560 cm³/mol. The third-order valence-electron chi connectivity index (χ3n) is 24.5. The van der Waals surface area contributed by atoms with E-state index in [4.69, 9.17) is 0 Å². The zero-order valence-electron chi connectivity index (χ0n) is 73.6. The minimum Gasteiger partial charge on any atom is -0.345 e. The molecule has 0 aromatic heterocycles. The quantitative estimate of drug-likeness (QED) is 0.0669. The van der Waals surface area contributed by atoms with Gasteiger partial charge in [-0.1, -0.05) is 364 Å². The van der Waals surface area contributed by atoms with Crippen LogP contribution in [0.4, 0.5) is 85.3 Å². The highest BCUT2D eigenvalue weighted by Crippen LogP contribution is 2.44. The molecule has 0 aliphatic heterocycles. The van der Waals surface area contributed by atoms with Gasteiger partial charge >= 0.3 is 0 Å². The second kappa shape index (κ2) is 39.6. The summed E-state index contributed by atoms with van der Waals surface area (Å²) in [6, 6.07) is 192. The molecular formula is C125H98N6. The zero-order valence-corrected chi connectivity index (χ0v) is 73.6. The summed E-state index contributed by atoms with van der Waals surface area (Å²) in [7, 11) is 6.38. The van der Waals surface area contributed by atoms with Crippen molar-refractivity contribution in [2.75, 3.05) is 50.5 Å². The van der Waals surface area contributed by atoms with E-state index in [0.29, 0.717) is 0 Å². The largest absolute Gasteiger partial charge is 0.345 e. The number of anilines is 15. The van der Waals surface area contributed by atoms with E-state index < -0.39 is 0 Å². The Hall–Kier alpha value is -17.1. The van der Waals surface area contributed by atoms with Crippen LogP contribution in [0.1, 0.15) is 0 Å². The van der Waals surface area contributed by atoms with Gasteiger partial charge in [0.25, 0.3) is 0 Å². The second-order valence-corrected chi connectivity index (χ2v) is 32.7. The summed E-state index contributed by atoms with van der Waals surface area (Å²) in [5.74, 6) is 0. The van der Waals surface area contributed by atoms with Crippen molar-refractivity contribution in [1.82, 2.24) is 0 Å². The third-order valence-corrected chi connectivity index (χ3v) is 24.5. The predicted octanol–water partition coefficient (Wildman–Crippen LogP) is 34.7. The van der Waals surface area contributed by atoms with Gasteiger partial charge in [0.05, 0.1) is 0 Å². The molecule has 21 aromatic rings. The molecule has 0 aliphatic carbocycles. The molecule has 0 fully saturated rings. The lowest BCUT2D eigenvalue weighted by Gasteiger charge is -2.27. The highest BCUT2D eigenvalue weighted by Gasteiger charge is 2.21. The standard InChI is InChI=1S/C43H34N2.2C41H32N2/c1-44(39-23-17-36(18-24-39)33-11-5-2-6-12-33)40-29-31-43(32-30-40)45(41-25-19-37(20-26-41)34-13-7-3-8-14-34)42-27-21-38(22-28-42)35-15-9-4-10-16-35;1-42(41-18-10-16-35-15-8-9-17-40(35)41)36-27-29-39(30-28-36)43(37-23-19-33(20-24-37)31-11-4-2-5-12-31)38-25-21-34(22-26-38)32-13-6-3-7-14-32;1-42(41-25-20-33-14-8-9-15-36(33)30-41)37-26-28-40(29-27-37)43(38-21-16-34(17-22-38)31-10-4-2-5-11-31)39-23-18-35(19-24-39)32-12-6-3-7-13-32/h2-32H,1H3;2*2-30H,1H3. The Bertz CT molecular complexity index is 6980. The van der Waals surface area contributed by atoms with Crippen molar-refractivity contribution in [3.8, 4) is 77.9 Å². The molecule has 6 nitrogen and oxygen atoms in total. The fourth-order valence-corrected chi connectivity index (χ4v) is 17.3. The average Bonchev–Trinajstić information content (AvgIpc) is 0.793. The molecule has 628 valence electrons. The maximum atomic E-state index is 2.32. The maximum Gasteiger partial charge on any atom is 0.0487 e. The molecule has 0 spiro atoms. The molecule has 0 bridgehead atoms. The molecule has 0 unspecified atom stereocenters. The highest BCUT2D eigenvalue weighted by atomic mass is 15.2. The number of nitrogens with zero attached hydrogens (tertiary/aromatic N) is 6. The molecule has 0 radical (unpaired) electrons. The van der Waals surface area contributed by atoms with Crippen molar-refractivity contribution in [2.24, 2.45) is 0 Å². The van der Waals surface area contributed by atoms with Gasteiger partial charge in [0.15, 0.2) is 0 Å². The van der Waals surface area contributed by atoms with Crippen molar-refractivity contribution in [1.29, 1.82) is 0 Å². The Morgan fingerprint density at radius 1 is 0.115 bits per heavy atom. The van der Waals surface area contributed by atoms with Gasteiger partial charge < -0.3 is 29.4 Å². The van der Waals surface area contributed by atoms with Crippen molar-refractivity contribution < 1.29 is 0 Å². The van der Waals surface area contributed by atoms with E-state index in [1.807, 2.05) is 0 Å². The van der Waals surface area contributed by atoms with Crippen molar-refractivity contribution in [2.45, 2.75) is 0 Å². The van der Waals surface area contributed by atoms with E-state index in [2.05, 4.69) is 590 Å². The summed E-state index contributed by atoms with van der Waals surface area (Å²) < 4.78 is 0. The molecular weight excluding hydrogens is 1590 g/mol. The van der Waals surface area contributed by atoms with Crippen LogP contribution in [0.5, 0.6) is 0 Å². The Labute approximate surface area is 769 Å². The second-order valence-electron chi connectivity index (χ2n) is 32.7. The average molecular weight is 1680 g/mol. The Morgan fingerprint density at radius 2 is 0.290 bits per heavy atom. The molecule has 131 heavy (non-hydrogen) atoms. The maximum absolute atomic E-state index is 2.32. The molecule has 0 amide bonds. The summed E-state index contributed by atoms with van der Waals surface area (Å²) in [5, 5.41) is 4.98. The lowest BCUT2D eigenvalue weighted by Crippen LogP contribution is -2.12. The van der Waals surface area contributed by atoms with Crippen LogP contribution in [-0.2, 0) is 0 Å². The monoisotopic (exact) mass is 1680 g/mol.